The molecule has 0 atom stereocenters. The van der Waals surface area contributed by atoms with Gasteiger partial charge in [0, 0.05) is 9.85 Å². The van der Waals surface area contributed by atoms with E-state index in [-0.39, 0.29) is 0 Å². The lowest BCUT2D eigenvalue weighted by Crippen LogP contribution is -1.94. The number of nitrogens with zero attached hydrogens (tertiary/aromatic N) is 1. The molecule has 2 rings (SSSR count). The third-order valence-electron chi connectivity index (χ3n) is 1.67. The van der Waals surface area contributed by atoms with E-state index in [1.54, 1.807) is 16.8 Å². The zero-order valence-corrected chi connectivity index (χ0v) is 9.72. The fraction of sp³-hybridized carbons (Fsp3) is 0.100. The van der Waals surface area contributed by atoms with Crippen molar-refractivity contribution in [3.05, 3.63) is 45.3 Å². The summed E-state index contributed by atoms with van der Waals surface area (Å²) in [4.78, 5) is 4.14. The van der Waals surface area contributed by atoms with Crippen LogP contribution in [0.2, 0.25) is 0 Å². The number of thiazole rings is 1. The summed E-state index contributed by atoms with van der Waals surface area (Å²) in [5.41, 5.74) is 2.77. The first-order chi connectivity index (χ1) is 6.84. The van der Waals surface area contributed by atoms with E-state index in [0.29, 0.717) is 6.61 Å². The molecule has 0 saturated heterocycles. The summed E-state index contributed by atoms with van der Waals surface area (Å²) in [7, 11) is 0. The van der Waals surface area contributed by atoms with Crippen LogP contribution in [0.1, 0.15) is 5.69 Å². The summed E-state index contributed by atoms with van der Waals surface area (Å²) in [6.07, 6.45) is 0. The highest BCUT2D eigenvalue weighted by atomic mass is 79.9. The molecule has 1 aromatic heterocycles. The quantitative estimate of drug-likeness (QED) is 0.851. The second-order valence-corrected chi connectivity index (χ2v) is 4.36. The minimum absolute atomic E-state index is 0.528. The number of benzene rings is 1. The van der Waals surface area contributed by atoms with Crippen LogP contribution in [0.5, 0.6) is 5.75 Å². The Bertz CT molecular complexity index is 402. The van der Waals surface area contributed by atoms with E-state index in [4.69, 9.17) is 4.74 Å². The summed E-state index contributed by atoms with van der Waals surface area (Å²) >= 11 is 4.96. The smallest absolute Gasteiger partial charge is 0.131 e. The fourth-order valence-corrected chi connectivity index (χ4v) is 1.94. The summed E-state index contributed by atoms with van der Waals surface area (Å²) in [5.74, 6) is 0.854. The third-order valence-corrected chi connectivity index (χ3v) is 2.79. The number of ether oxygens (including phenoxy) is 1. The monoisotopic (exact) mass is 269 g/mol. The first-order valence-corrected chi connectivity index (χ1v) is 5.83. The van der Waals surface area contributed by atoms with Crippen molar-refractivity contribution < 1.29 is 4.74 Å². The average Bonchev–Trinajstić information content (AvgIpc) is 2.67. The SMILES string of the molecule is Brc1cccc(OCc2cscn2)c1. The molecule has 2 nitrogen and oxygen atoms in total. The van der Waals surface area contributed by atoms with Gasteiger partial charge >= 0.3 is 0 Å². The number of hydrogen-bond acceptors (Lipinski definition) is 3. The minimum Gasteiger partial charge on any atom is -0.487 e. The van der Waals surface area contributed by atoms with Crippen molar-refractivity contribution in [1.29, 1.82) is 0 Å². The molecule has 4 heteroatoms. The van der Waals surface area contributed by atoms with Gasteiger partial charge in [0.15, 0.2) is 0 Å². The largest absolute Gasteiger partial charge is 0.487 e. The number of rotatable bonds is 3. The van der Waals surface area contributed by atoms with Crippen LogP contribution in [0.4, 0.5) is 0 Å². The first-order valence-electron chi connectivity index (χ1n) is 4.10. The molecule has 1 aromatic carbocycles. The van der Waals surface area contributed by atoms with Crippen molar-refractivity contribution in [1.82, 2.24) is 4.98 Å². The second kappa shape index (κ2) is 4.57. The second-order valence-electron chi connectivity index (χ2n) is 2.73. The van der Waals surface area contributed by atoms with Gasteiger partial charge in [0.25, 0.3) is 0 Å². The molecular formula is C10H8BrNOS. The zero-order valence-electron chi connectivity index (χ0n) is 7.31. The third kappa shape index (κ3) is 2.56. The molecule has 0 unspecified atom stereocenters. The highest BCUT2D eigenvalue weighted by molar-refractivity contribution is 9.10. The fourth-order valence-electron chi connectivity index (χ4n) is 1.02. The Labute approximate surface area is 94.7 Å². The standard InChI is InChI=1S/C10H8BrNOS/c11-8-2-1-3-10(4-8)13-5-9-6-14-7-12-9/h1-4,6-7H,5H2. The van der Waals surface area contributed by atoms with Crippen molar-refractivity contribution in [3.8, 4) is 5.75 Å². The maximum atomic E-state index is 5.55. The Hall–Kier alpha value is -0.870. The maximum Gasteiger partial charge on any atom is 0.131 e. The van der Waals surface area contributed by atoms with E-state index in [1.165, 1.54) is 0 Å². The van der Waals surface area contributed by atoms with Gasteiger partial charge in [0.2, 0.25) is 0 Å². The van der Waals surface area contributed by atoms with Crippen molar-refractivity contribution in [2.24, 2.45) is 0 Å². The predicted octanol–water partition coefficient (Wildman–Crippen LogP) is 3.48. The molecule has 14 heavy (non-hydrogen) atoms. The topological polar surface area (TPSA) is 22.1 Å². The molecule has 1 heterocycles. The van der Waals surface area contributed by atoms with Crippen LogP contribution in [0.3, 0.4) is 0 Å². The lowest BCUT2D eigenvalue weighted by atomic mass is 10.3. The van der Waals surface area contributed by atoms with Gasteiger partial charge in [-0.3, -0.25) is 0 Å². The molecule has 0 saturated carbocycles. The van der Waals surface area contributed by atoms with Gasteiger partial charge in [0.1, 0.15) is 12.4 Å². The van der Waals surface area contributed by atoms with Crippen molar-refractivity contribution in [3.63, 3.8) is 0 Å². The van der Waals surface area contributed by atoms with Crippen LogP contribution in [0, 0.1) is 0 Å². The van der Waals surface area contributed by atoms with E-state index >= 15 is 0 Å². The molecule has 0 amide bonds. The van der Waals surface area contributed by atoms with E-state index in [9.17, 15) is 0 Å². The first kappa shape index (κ1) is 9.68. The Morgan fingerprint density at radius 3 is 3.07 bits per heavy atom. The molecule has 0 aliphatic carbocycles. The van der Waals surface area contributed by atoms with E-state index in [1.807, 2.05) is 29.6 Å². The van der Waals surface area contributed by atoms with Crippen LogP contribution in [-0.2, 0) is 6.61 Å². The Kier molecular flexibility index (Phi) is 3.16. The number of halogens is 1. The van der Waals surface area contributed by atoms with Crippen LogP contribution in [0.25, 0.3) is 0 Å². The molecule has 0 fully saturated rings. The summed E-state index contributed by atoms with van der Waals surface area (Å²) in [6.45, 7) is 0.528. The highest BCUT2D eigenvalue weighted by Gasteiger charge is 1.97. The van der Waals surface area contributed by atoms with Crippen LogP contribution in [-0.4, -0.2) is 4.98 Å². The minimum atomic E-state index is 0.528. The van der Waals surface area contributed by atoms with E-state index in [0.717, 1.165) is 15.9 Å². The van der Waals surface area contributed by atoms with Crippen molar-refractivity contribution in [2.75, 3.05) is 0 Å². The van der Waals surface area contributed by atoms with Gasteiger partial charge < -0.3 is 4.74 Å². The number of aromatic nitrogens is 1. The summed E-state index contributed by atoms with van der Waals surface area (Å²) in [5, 5.41) is 1.98. The van der Waals surface area contributed by atoms with E-state index in [2.05, 4.69) is 20.9 Å². The Balaban J connectivity index is 1.98. The van der Waals surface area contributed by atoms with Crippen LogP contribution < -0.4 is 4.74 Å². The molecular weight excluding hydrogens is 262 g/mol. The molecule has 0 aliphatic rings. The van der Waals surface area contributed by atoms with Gasteiger partial charge in [0.05, 0.1) is 11.2 Å². The summed E-state index contributed by atoms with van der Waals surface area (Å²) in [6, 6.07) is 7.78. The lowest BCUT2D eigenvalue weighted by molar-refractivity contribution is 0.302. The van der Waals surface area contributed by atoms with Gasteiger partial charge in [-0.2, -0.15) is 0 Å². The Morgan fingerprint density at radius 2 is 2.36 bits per heavy atom. The molecule has 0 spiro atoms. The molecule has 0 N–H and O–H groups in total. The van der Waals surface area contributed by atoms with Crippen LogP contribution >= 0.6 is 27.3 Å². The van der Waals surface area contributed by atoms with Crippen molar-refractivity contribution in [2.45, 2.75) is 6.61 Å². The maximum absolute atomic E-state index is 5.55. The molecule has 0 bridgehead atoms. The predicted molar refractivity (Wildman–Crippen MR) is 60.6 cm³/mol. The van der Waals surface area contributed by atoms with Crippen molar-refractivity contribution >= 4 is 27.3 Å². The average molecular weight is 270 g/mol. The number of hydrogen-bond donors (Lipinski definition) is 0. The summed E-state index contributed by atoms with van der Waals surface area (Å²) < 4.78 is 6.57. The van der Waals surface area contributed by atoms with Crippen LogP contribution in [0.15, 0.2) is 39.6 Å². The molecule has 0 aliphatic heterocycles. The molecule has 2 aromatic rings. The van der Waals surface area contributed by atoms with Gasteiger partial charge in [-0.25, -0.2) is 4.98 Å². The van der Waals surface area contributed by atoms with E-state index < -0.39 is 0 Å². The Morgan fingerprint density at radius 1 is 1.43 bits per heavy atom. The molecule has 72 valence electrons. The van der Waals surface area contributed by atoms with Gasteiger partial charge in [-0.15, -0.1) is 11.3 Å². The zero-order chi connectivity index (χ0) is 9.80. The highest BCUT2D eigenvalue weighted by Crippen LogP contribution is 2.18. The normalized spacial score (nSPS) is 10.1. The molecule has 0 radical (unpaired) electrons. The van der Waals surface area contributed by atoms with Gasteiger partial charge in [-0.05, 0) is 18.2 Å². The van der Waals surface area contributed by atoms with Gasteiger partial charge in [-0.1, -0.05) is 22.0 Å². The lowest BCUT2D eigenvalue weighted by Gasteiger charge is -2.03.